The summed E-state index contributed by atoms with van der Waals surface area (Å²) in [7, 11) is 2.60. The molecule has 1 aliphatic carbocycles. The maximum Gasteiger partial charge on any atom is 0.323 e. The molecule has 0 saturated heterocycles. The number of carbonyl (C=O) groups is 4. The molecule has 4 rings (SSSR count). The van der Waals surface area contributed by atoms with Crippen LogP contribution in [0.25, 0.3) is 11.3 Å². The van der Waals surface area contributed by atoms with Crippen LogP contribution in [0.5, 0.6) is 0 Å². The number of fused-ring (bicyclic) bond motifs is 5. The molecule has 1 aromatic heterocycles. The van der Waals surface area contributed by atoms with Gasteiger partial charge in [-0.25, -0.2) is 0 Å². The van der Waals surface area contributed by atoms with Crippen LogP contribution in [0, 0.1) is 0 Å². The molecule has 8 heteroatoms. The van der Waals surface area contributed by atoms with Crippen LogP contribution in [-0.2, 0) is 32.0 Å². The number of esters is 2. The molecule has 156 valence electrons. The number of ether oxygens (including phenoxy) is 2. The van der Waals surface area contributed by atoms with Gasteiger partial charge in [0.2, 0.25) is 11.6 Å². The standard InChI is InChI=1S/C22H21NO7/c1-28-17(24)8-7-15(22(27)29-2)23-10-9-14-16(11-23)30-21-13-6-4-3-5-12(13)19(25)20(26)18(14)21/h3-6,15H,7-11H2,1-2H3/t15-/m0/s1. The summed E-state index contributed by atoms with van der Waals surface area (Å²) in [6.07, 6.45) is 0.769. The summed E-state index contributed by atoms with van der Waals surface area (Å²) >= 11 is 0. The summed E-state index contributed by atoms with van der Waals surface area (Å²) in [5.41, 5.74) is 1.99. The predicted molar refractivity (Wildman–Crippen MR) is 104 cm³/mol. The number of carbonyl (C=O) groups excluding carboxylic acids is 4. The lowest BCUT2D eigenvalue weighted by molar-refractivity contribution is -0.148. The van der Waals surface area contributed by atoms with Gasteiger partial charge >= 0.3 is 11.9 Å². The highest BCUT2D eigenvalue weighted by Gasteiger charge is 2.40. The first-order chi connectivity index (χ1) is 14.5. The number of benzene rings is 1. The van der Waals surface area contributed by atoms with Crippen molar-refractivity contribution in [1.82, 2.24) is 4.90 Å². The third-order valence-electron chi connectivity index (χ3n) is 5.70. The Kier molecular flexibility index (Phi) is 5.26. The Hall–Kier alpha value is -3.26. The summed E-state index contributed by atoms with van der Waals surface area (Å²) in [6.45, 7) is 0.732. The van der Waals surface area contributed by atoms with Crippen molar-refractivity contribution in [3.8, 4) is 11.3 Å². The van der Waals surface area contributed by atoms with Crippen molar-refractivity contribution in [2.75, 3.05) is 20.8 Å². The number of Topliss-reactive ketones (excluding diaryl/α,β-unsaturated/α-hetero) is 2. The molecule has 0 radical (unpaired) electrons. The Balaban J connectivity index is 1.66. The van der Waals surface area contributed by atoms with Crippen LogP contribution in [0.4, 0.5) is 0 Å². The molecule has 1 aromatic carbocycles. The number of furan rings is 1. The third kappa shape index (κ3) is 3.23. The molecule has 30 heavy (non-hydrogen) atoms. The third-order valence-corrected chi connectivity index (χ3v) is 5.70. The second-order valence-corrected chi connectivity index (χ2v) is 7.29. The van der Waals surface area contributed by atoms with Gasteiger partial charge < -0.3 is 13.9 Å². The fourth-order valence-corrected chi connectivity index (χ4v) is 4.18. The Bertz CT molecular complexity index is 1050. The number of rotatable bonds is 5. The van der Waals surface area contributed by atoms with Gasteiger partial charge in [-0.05, 0) is 12.8 Å². The van der Waals surface area contributed by atoms with Crippen molar-refractivity contribution in [3.63, 3.8) is 0 Å². The molecule has 0 unspecified atom stereocenters. The largest absolute Gasteiger partial charge is 0.469 e. The zero-order chi connectivity index (χ0) is 21.4. The molecule has 1 aliphatic heterocycles. The van der Waals surface area contributed by atoms with Crippen LogP contribution >= 0.6 is 0 Å². The van der Waals surface area contributed by atoms with E-state index in [-0.39, 0.29) is 19.4 Å². The second kappa shape index (κ2) is 7.87. The highest BCUT2D eigenvalue weighted by Crippen LogP contribution is 2.40. The zero-order valence-electron chi connectivity index (χ0n) is 16.7. The molecule has 8 nitrogen and oxygen atoms in total. The summed E-state index contributed by atoms with van der Waals surface area (Å²) in [4.78, 5) is 51.0. The first-order valence-electron chi connectivity index (χ1n) is 9.68. The summed E-state index contributed by atoms with van der Waals surface area (Å²) in [5, 5.41) is 0. The normalized spacial score (nSPS) is 16.3. The fraction of sp³-hybridized carbons (Fsp3) is 0.364. The van der Waals surface area contributed by atoms with Crippen molar-refractivity contribution in [1.29, 1.82) is 0 Å². The number of hydrogen-bond donors (Lipinski definition) is 0. The van der Waals surface area contributed by atoms with E-state index >= 15 is 0 Å². The monoisotopic (exact) mass is 411 g/mol. The molecule has 2 aromatic rings. The molecule has 2 heterocycles. The van der Waals surface area contributed by atoms with Crippen LogP contribution in [0.2, 0.25) is 0 Å². The minimum absolute atomic E-state index is 0.0780. The van der Waals surface area contributed by atoms with Gasteiger partial charge in [0.05, 0.1) is 26.3 Å². The number of nitrogens with zero attached hydrogens (tertiary/aromatic N) is 1. The van der Waals surface area contributed by atoms with Gasteiger partial charge in [0.1, 0.15) is 17.6 Å². The Morgan fingerprint density at radius 3 is 2.53 bits per heavy atom. The van der Waals surface area contributed by atoms with Crippen LogP contribution in [0.15, 0.2) is 28.7 Å². The zero-order valence-corrected chi connectivity index (χ0v) is 16.7. The van der Waals surface area contributed by atoms with E-state index in [2.05, 4.69) is 4.74 Å². The van der Waals surface area contributed by atoms with Gasteiger partial charge in [0, 0.05) is 29.7 Å². The molecule has 2 aliphatic rings. The number of hydrogen-bond acceptors (Lipinski definition) is 8. The minimum atomic E-state index is -0.644. The van der Waals surface area contributed by atoms with E-state index in [0.717, 1.165) is 0 Å². The van der Waals surface area contributed by atoms with Crippen LogP contribution in [0.1, 0.15) is 44.9 Å². The smallest absolute Gasteiger partial charge is 0.323 e. The van der Waals surface area contributed by atoms with E-state index in [1.54, 1.807) is 24.3 Å². The van der Waals surface area contributed by atoms with E-state index in [0.29, 0.717) is 46.7 Å². The molecular formula is C22H21NO7. The van der Waals surface area contributed by atoms with Gasteiger partial charge in [-0.2, -0.15) is 0 Å². The number of ketones is 2. The van der Waals surface area contributed by atoms with Crippen molar-refractivity contribution < 1.29 is 33.1 Å². The SMILES string of the molecule is COC(=O)CC[C@@H](C(=O)OC)N1CCc2c(oc3c2C(=O)C(=O)c2ccccc2-3)C1. The lowest BCUT2D eigenvalue weighted by Gasteiger charge is -2.32. The summed E-state index contributed by atoms with van der Waals surface area (Å²) in [6, 6.07) is 6.24. The minimum Gasteiger partial charge on any atom is -0.469 e. The Morgan fingerprint density at radius 2 is 1.83 bits per heavy atom. The van der Waals surface area contributed by atoms with Gasteiger partial charge in [-0.15, -0.1) is 0 Å². The van der Waals surface area contributed by atoms with Gasteiger partial charge in [-0.3, -0.25) is 24.1 Å². The fourth-order valence-electron chi connectivity index (χ4n) is 4.18. The molecule has 1 atom stereocenters. The Morgan fingerprint density at radius 1 is 1.10 bits per heavy atom. The molecule has 0 N–H and O–H groups in total. The lowest BCUT2D eigenvalue weighted by atomic mass is 9.85. The highest BCUT2D eigenvalue weighted by atomic mass is 16.5. The second-order valence-electron chi connectivity index (χ2n) is 7.29. The quantitative estimate of drug-likeness (QED) is 0.545. The van der Waals surface area contributed by atoms with Crippen LogP contribution < -0.4 is 0 Å². The van der Waals surface area contributed by atoms with Gasteiger partial charge in [0.25, 0.3) is 0 Å². The molecule has 0 amide bonds. The van der Waals surface area contributed by atoms with Crippen molar-refractivity contribution in [3.05, 3.63) is 46.7 Å². The van der Waals surface area contributed by atoms with Crippen molar-refractivity contribution in [2.45, 2.75) is 31.8 Å². The number of methoxy groups -OCH3 is 2. The first-order valence-corrected chi connectivity index (χ1v) is 9.68. The van der Waals surface area contributed by atoms with Crippen molar-refractivity contribution in [2.24, 2.45) is 0 Å². The van der Waals surface area contributed by atoms with E-state index in [1.165, 1.54) is 14.2 Å². The molecule has 0 saturated carbocycles. The Labute approximate surface area is 172 Å². The van der Waals surface area contributed by atoms with E-state index in [9.17, 15) is 19.2 Å². The van der Waals surface area contributed by atoms with E-state index < -0.39 is 29.5 Å². The summed E-state index contributed by atoms with van der Waals surface area (Å²) in [5.74, 6) is -0.986. The molecule has 0 spiro atoms. The predicted octanol–water partition coefficient (Wildman–Crippen LogP) is 2.18. The molecule has 0 fully saturated rings. The summed E-state index contributed by atoms with van der Waals surface area (Å²) < 4.78 is 15.6. The van der Waals surface area contributed by atoms with Gasteiger partial charge in [-0.1, -0.05) is 24.3 Å². The average Bonchev–Trinajstić information content (AvgIpc) is 3.16. The molecular weight excluding hydrogens is 390 g/mol. The average molecular weight is 411 g/mol. The van der Waals surface area contributed by atoms with Crippen molar-refractivity contribution >= 4 is 23.5 Å². The maximum atomic E-state index is 12.7. The first kappa shape index (κ1) is 20.0. The lowest BCUT2D eigenvalue weighted by Crippen LogP contribution is -2.44. The topological polar surface area (TPSA) is 103 Å². The van der Waals surface area contributed by atoms with E-state index in [1.807, 2.05) is 4.90 Å². The van der Waals surface area contributed by atoms with Gasteiger partial charge in [0.15, 0.2) is 0 Å². The molecule has 0 bridgehead atoms. The van der Waals surface area contributed by atoms with Crippen LogP contribution in [0.3, 0.4) is 0 Å². The van der Waals surface area contributed by atoms with Crippen LogP contribution in [-0.4, -0.2) is 55.2 Å². The van der Waals surface area contributed by atoms with E-state index in [4.69, 9.17) is 9.15 Å². The highest BCUT2D eigenvalue weighted by molar-refractivity contribution is 6.53. The maximum absolute atomic E-state index is 12.7.